The van der Waals surface area contributed by atoms with E-state index in [2.05, 4.69) is 62.1 Å². The Morgan fingerprint density at radius 1 is 0.370 bits per heavy atom. The highest BCUT2D eigenvalue weighted by Crippen LogP contribution is 2.52. The maximum Gasteiger partial charge on any atom is 0.231 e. The van der Waals surface area contributed by atoms with Crippen LogP contribution in [-0.2, 0) is 90.8 Å². The molecule has 11 aliphatic heterocycles. The molecule has 0 fully saturated rings. The molecule has 0 aliphatic carbocycles. The summed E-state index contributed by atoms with van der Waals surface area (Å²) in [6, 6.07) is 31.7. The second-order valence-electron chi connectivity index (χ2n) is 27.1. The Hall–Kier alpha value is -8.99. The third-order valence-corrected chi connectivity index (χ3v) is 22.6. The van der Waals surface area contributed by atoms with Gasteiger partial charge in [0.15, 0.2) is 69.0 Å². The molecular weight excluding hydrogens is 1300 g/mol. The van der Waals surface area contributed by atoms with Crippen molar-refractivity contribution in [3.63, 3.8) is 0 Å². The van der Waals surface area contributed by atoms with Crippen molar-refractivity contribution in [2.45, 2.75) is 115 Å². The summed E-state index contributed by atoms with van der Waals surface area (Å²) < 4.78 is 66.8. The third-order valence-electron chi connectivity index (χ3n) is 22.3. The van der Waals surface area contributed by atoms with E-state index in [1.54, 1.807) is 48.7 Å². The smallest absolute Gasteiger partial charge is 0.231 e. The number of hydrogen-bond acceptors (Lipinski definition) is 20. The number of ether oxygens (including phenoxy) is 12. The topological polar surface area (TPSA) is 205 Å². The van der Waals surface area contributed by atoms with Crippen LogP contribution >= 0.6 is 11.6 Å². The lowest BCUT2D eigenvalue weighted by Gasteiger charge is -2.42. The highest BCUT2D eigenvalue weighted by atomic mass is 35.5. The number of phenols is 2. The van der Waals surface area contributed by atoms with E-state index in [9.17, 15) is 20.4 Å². The minimum atomic E-state index is -0.154. The van der Waals surface area contributed by atoms with Crippen molar-refractivity contribution >= 4 is 11.6 Å². The van der Waals surface area contributed by atoms with Crippen LogP contribution in [0.1, 0.15) is 124 Å². The average molecular weight is 1380 g/mol. The Morgan fingerprint density at radius 3 is 1.19 bits per heavy atom. The van der Waals surface area contributed by atoms with Gasteiger partial charge in [0.05, 0.1) is 55.9 Å². The van der Waals surface area contributed by atoms with Gasteiger partial charge < -0.3 is 77.3 Å². The first-order valence-electron chi connectivity index (χ1n) is 34.4. The number of aliphatic hydroxyl groups is 2. The molecule has 0 radical (unpaired) electrons. The first-order valence-corrected chi connectivity index (χ1v) is 34.8. The van der Waals surface area contributed by atoms with Gasteiger partial charge in [-0.3, -0.25) is 19.6 Å². The fourth-order valence-electron chi connectivity index (χ4n) is 17.3. The number of rotatable bonds is 8. The molecule has 4 atom stereocenters. The van der Waals surface area contributed by atoms with Crippen molar-refractivity contribution < 1.29 is 77.3 Å². The van der Waals surface area contributed by atoms with Crippen molar-refractivity contribution in [1.82, 2.24) is 19.6 Å². The molecule has 100 heavy (non-hydrogen) atoms. The second-order valence-corrected chi connectivity index (χ2v) is 27.5. The monoisotopic (exact) mass is 1380 g/mol. The van der Waals surface area contributed by atoms with Crippen LogP contribution in [0.5, 0.6) is 80.5 Å². The minimum absolute atomic E-state index is 0.132. The zero-order valence-electron chi connectivity index (χ0n) is 57.2. The first kappa shape index (κ1) is 65.6. The molecule has 19 rings (SSSR count). The number of hydrogen-bond donors (Lipinski definition) is 4. The van der Waals surface area contributed by atoms with E-state index in [-0.39, 0.29) is 36.8 Å². The highest BCUT2D eigenvalue weighted by molar-refractivity contribution is 6.31. The number of halogens is 1. The van der Waals surface area contributed by atoms with E-state index >= 15 is 0 Å². The van der Waals surface area contributed by atoms with Gasteiger partial charge >= 0.3 is 0 Å². The van der Waals surface area contributed by atoms with Crippen molar-refractivity contribution in [2.75, 3.05) is 89.2 Å². The molecule has 21 heteroatoms. The van der Waals surface area contributed by atoms with E-state index in [4.69, 9.17) is 68.4 Å². The lowest BCUT2D eigenvalue weighted by molar-refractivity contribution is 0.151. The molecule has 8 aromatic rings. The first-order chi connectivity index (χ1) is 48.9. The van der Waals surface area contributed by atoms with Gasteiger partial charge in [0.1, 0.15) is 11.5 Å². The molecule has 0 amide bonds. The Labute approximate surface area is 586 Å². The summed E-state index contributed by atoms with van der Waals surface area (Å²) in [5, 5.41) is 39.9. The SMILES string of the molecule is COc1cc(Cl)c2c(c1OC)CN1CCc3cc(CO)c(O)cc3[C@H]1C2.COc1ccc2c(c1OC)CN1CCc3cc(CO)c(O)cc3[C@H]1C2.COc1ccc2c(c1OC)CN1CCc3cc4c(cc3[C@H]1C2)OCO4.c1cc2c(c3c1C[C@@H]1c4cc5c(cc4CCN1C3)OCO5)OCO2. The molecule has 0 unspecified atom stereocenters. The number of aliphatic hydroxyl groups excluding tert-OH is 2. The largest absolute Gasteiger partial charge is 0.508 e. The lowest BCUT2D eigenvalue weighted by atomic mass is 9.83. The molecule has 20 nitrogen and oxygen atoms in total. The van der Waals surface area contributed by atoms with Gasteiger partial charge in [0.2, 0.25) is 20.4 Å². The van der Waals surface area contributed by atoms with Crippen molar-refractivity contribution in [1.29, 1.82) is 0 Å². The summed E-state index contributed by atoms with van der Waals surface area (Å²) >= 11 is 6.56. The van der Waals surface area contributed by atoms with Crippen LogP contribution < -0.4 is 56.8 Å². The molecule has 522 valence electrons. The highest BCUT2D eigenvalue weighted by Gasteiger charge is 2.41. The van der Waals surface area contributed by atoms with Crippen LogP contribution in [0.4, 0.5) is 0 Å². The fourth-order valence-corrected chi connectivity index (χ4v) is 17.5. The maximum absolute atomic E-state index is 10.2. The van der Waals surface area contributed by atoms with Gasteiger partial charge in [-0.05, 0) is 185 Å². The molecule has 0 bridgehead atoms. The summed E-state index contributed by atoms with van der Waals surface area (Å²) in [5.74, 6) is 10.4. The summed E-state index contributed by atoms with van der Waals surface area (Å²) in [4.78, 5) is 9.91. The van der Waals surface area contributed by atoms with Crippen LogP contribution in [0.2, 0.25) is 5.02 Å². The predicted molar refractivity (Wildman–Crippen MR) is 372 cm³/mol. The predicted octanol–water partition coefficient (Wildman–Crippen LogP) is 11.7. The van der Waals surface area contributed by atoms with Crippen LogP contribution in [0, 0.1) is 0 Å². The number of benzene rings is 8. The molecular formula is C79H83ClN4O16. The summed E-state index contributed by atoms with van der Waals surface area (Å²) in [6.07, 6.45) is 7.48. The minimum Gasteiger partial charge on any atom is -0.508 e. The molecule has 0 saturated carbocycles. The van der Waals surface area contributed by atoms with Crippen LogP contribution in [-0.4, -0.2) is 129 Å². The molecule has 0 aromatic heterocycles. The molecule has 0 saturated heterocycles. The van der Waals surface area contributed by atoms with Gasteiger partial charge in [-0.15, -0.1) is 0 Å². The summed E-state index contributed by atoms with van der Waals surface area (Å²) in [7, 11) is 10.0. The Morgan fingerprint density at radius 2 is 0.740 bits per heavy atom. The van der Waals surface area contributed by atoms with E-state index in [0.717, 1.165) is 184 Å². The number of methoxy groups -OCH3 is 6. The molecule has 8 aromatic carbocycles. The Balaban J connectivity index is 0.000000104. The number of nitrogens with zero attached hydrogens (tertiary/aromatic N) is 4. The Bertz CT molecular complexity index is 4520. The third kappa shape index (κ3) is 11.6. The molecule has 11 aliphatic rings. The van der Waals surface area contributed by atoms with E-state index in [1.165, 1.54) is 72.3 Å². The molecule has 4 N–H and O–H groups in total. The van der Waals surface area contributed by atoms with E-state index in [1.807, 2.05) is 42.5 Å². The molecule has 0 spiro atoms. The van der Waals surface area contributed by atoms with Gasteiger partial charge in [0, 0.05) is 121 Å². The maximum atomic E-state index is 10.2. The van der Waals surface area contributed by atoms with Gasteiger partial charge in [-0.25, -0.2) is 0 Å². The quantitative estimate of drug-likeness (QED) is 0.112. The zero-order chi connectivity index (χ0) is 68.6. The van der Waals surface area contributed by atoms with Gasteiger partial charge in [-0.1, -0.05) is 29.8 Å². The number of fused-ring (bicyclic) bond motifs is 20. The van der Waals surface area contributed by atoms with E-state index in [0.29, 0.717) is 54.4 Å². The summed E-state index contributed by atoms with van der Waals surface area (Å²) in [6.45, 7) is 7.99. The standard InChI is InChI=1S/C20H22ClNO4.C20H21NO4.C20H23NO4.C19H17NO4/c1-25-19-8-16(21)14-6-17-13-7-18(24)12(10-23)5-11(13)3-4-22(17)9-15(14)20(19)26-2;1-22-17-4-3-12-7-16-14-9-19-18(24-11-25-19)8-13(14)5-6-21(16)10-15(12)20(17)23-2;1-24-19-4-3-12-8-17-15-9-18(23)14(11-22)7-13(15)5-6-21(17)10-16(12)20(19)25-2;1-2-16-19(24-10-21-16)14-8-20-4-3-12-6-17-18(23-9-22-17)7-13(12)15(20)5-11(1)14/h5,7-8,17,23-24H,3-4,6,9-10H2,1-2H3;3-4,8-9,16H,5-7,10-11H2,1-2H3;3-4,7,9,17,22-23H,5-6,8,10-11H2,1-2H3;1-2,6-7,15H,3-5,8-10H2/t17-;16-;17-;15-/m1111/s1. The molecule has 11 heterocycles. The van der Waals surface area contributed by atoms with Crippen molar-refractivity contribution in [2.24, 2.45) is 0 Å². The van der Waals surface area contributed by atoms with Gasteiger partial charge in [-0.2, -0.15) is 0 Å². The average Bonchev–Trinajstić information content (AvgIpc) is 0.820. The lowest BCUT2D eigenvalue weighted by Crippen LogP contribution is -2.39. The van der Waals surface area contributed by atoms with Gasteiger partial charge in [0.25, 0.3) is 0 Å². The second kappa shape index (κ2) is 27.2. The van der Waals surface area contributed by atoms with Crippen molar-refractivity contribution in [3.8, 4) is 80.5 Å². The fraction of sp³-hybridized carbons (Fsp3) is 0.392. The van der Waals surface area contributed by atoms with Crippen LogP contribution in [0.25, 0.3) is 0 Å². The zero-order valence-corrected chi connectivity index (χ0v) is 57.9. The number of aromatic hydroxyl groups is 2. The normalized spacial score (nSPS) is 20.2. The Kier molecular flexibility index (Phi) is 17.8. The van der Waals surface area contributed by atoms with Crippen molar-refractivity contribution in [3.05, 3.63) is 196 Å². The van der Waals surface area contributed by atoms with Crippen LogP contribution in [0.3, 0.4) is 0 Å². The van der Waals surface area contributed by atoms with E-state index < -0.39 is 0 Å². The van der Waals surface area contributed by atoms with Crippen LogP contribution in [0.15, 0.2) is 91.0 Å². The summed E-state index contributed by atoms with van der Waals surface area (Å²) in [5.41, 5.74) is 21.3.